The molecule has 4 aromatic rings. The molecule has 1 saturated heterocycles. The van der Waals surface area contributed by atoms with Gasteiger partial charge in [-0.1, -0.05) is 18.2 Å². The number of thiocarbonyl (C=S) groups is 1. The van der Waals surface area contributed by atoms with Gasteiger partial charge in [-0.25, -0.2) is 4.79 Å². The second-order valence-corrected chi connectivity index (χ2v) is 8.88. The van der Waals surface area contributed by atoms with Crippen LogP contribution in [0.5, 0.6) is 0 Å². The minimum atomic E-state index is -0.980. The zero-order chi connectivity index (χ0) is 24.5. The van der Waals surface area contributed by atoms with E-state index in [0.717, 1.165) is 17.1 Å². The van der Waals surface area contributed by atoms with Crippen LogP contribution in [0.4, 0.5) is 11.4 Å². The molecule has 35 heavy (non-hydrogen) atoms. The molecular formula is C27H24N4O3S. The van der Waals surface area contributed by atoms with Gasteiger partial charge in [0.2, 0.25) is 0 Å². The number of aromatic nitrogens is 1. The molecule has 2 unspecified atom stereocenters. The number of hydrogen-bond acceptors (Lipinski definition) is 5. The van der Waals surface area contributed by atoms with Gasteiger partial charge in [-0.15, -0.1) is 0 Å². The van der Waals surface area contributed by atoms with E-state index in [1.807, 2.05) is 84.6 Å². The lowest BCUT2D eigenvalue weighted by atomic mass is 10.0. The molecule has 1 aliphatic rings. The van der Waals surface area contributed by atoms with Crippen LogP contribution in [0, 0.1) is 0 Å². The molecule has 0 radical (unpaired) electrons. The molecule has 2 atom stereocenters. The van der Waals surface area contributed by atoms with Crippen LogP contribution in [0.25, 0.3) is 11.3 Å². The number of carboxylic acid groups (broad SMARTS) is 1. The van der Waals surface area contributed by atoms with Crippen molar-refractivity contribution in [2.24, 2.45) is 0 Å². The lowest BCUT2D eigenvalue weighted by molar-refractivity contribution is 0.0697. The topological polar surface area (TPSA) is 81.8 Å². The fourth-order valence-electron chi connectivity index (χ4n) is 4.31. The van der Waals surface area contributed by atoms with E-state index in [0.29, 0.717) is 22.2 Å². The van der Waals surface area contributed by atoms with E-state index in [2.05, 4.69) is 10.3 Å². The number of nitrogens with zero attached hydrogens (tertiary/aromatic N) is 3. The molecule has 2 aromatic carbocycles. The molecular weight excluding hydrogens is 460 g/mol. The van der Waals surface area contributed by atoms with Gasteiger partial charge in [0.25, 0.3) is 0 Å². The van der Waals surface area contributed by atoms with Crippen molar-refractivity contribution in [1.82, 2.24) is 10.3 Å². The predicted octanol–water partition coefficient (Wildman–Crippen LogP) is 5.28. The predicted molar refractivity (Wildman–Crippen MR) is 140 cm³/mol. The summed E-state index contributed by atoms with van der Waals surface area (Å²) in [5.41, 5.74) is 3.77. The summed E-state index contributed by atoms with van der Waals surface area (Å²) < 4.78 is 6.33. The number of benzene rings is 2. The van der Waals surface area contributed by atoms with Gasteiger partial charge in [-0.05, 0) is 72.9 Å². The van der Waals surface area contributed by atoms with Crippen LogP contribution in [0.15, 0.2) is 89.5 Å². The van der Waals surface area contributed by atoms with Gasteiger partial charge in [0.1, 0.15) is 17.6 Å². The van der Waals surface area contributed by atoms with Gasteiger partial charge >= 0.3 is 5.97 Å². The molecule has 8 heteroatoms. The first kappa shape index (κ1) is 22.6. The van der Waals surface area contributed by atoms with Gasteiger partial charge in [-0.3, -0.25) is 4.98 Å². The number of nitrogens with one attached hydrogen (secondary N) is 1. The number of carbonyl (C=O) groups is 1. The Morgan fingerprint density at radius 2 is 1.86 bits per heavy atom. The summed E-state index contributed by atoms with van der Waals surface area (Å²) in [6.45, 7) is 0. The third-order valence-electron chi connectivity index (χ3n) is 6.05. The second-order valence-electron chi connectivity index (χ2n) is 8.50. The van der Waals surface area contributed by atoms with Crippen LogP contribution in [-0.2, 0) is 0 Å². The second kappa shape index (κ2) is 9.23. The number of pyridine rings is 1. The van der Waals surface area contributed by atoms with Gasteiger partial charge < -0.3 is 24.6 Å². The third kappa shape index (κ3) is 4.36. The lowest BCUT2D eigenvalue weighted by Crippen LogP contribution is -2.29. The van der Waals surface area contributed by atoms with Crippen LogP contribution >= 0.6 is 12.2 Å². The Bertz CT molecular complexity index is 1370. The number of furan rings is 1. The van der Waals surface area contributed by atoms with Crippen molar-refractivity contribution in [1.29, 1.82) is 0 Å². The first-order valence-corrected chi connectivity index (χ1v) is 11.5. The number of aromatic carboxylic acids is 1. The molecule has 3 heterocycles. The number of anilines is 2. The number of carboxylic acids is 1. The van der Waals surface area contributed by atoms with Crippen LogP contribution in [0.2, 0.25) is 0 Å². The van der Waals surface area contributed by atoms with Gasteiger partial charge in [0.15, 0.2) is 5.11 Å². The highest BCUT2D eigenvalue weighted by Crippen LogP contribution is 2.43. The number of rotatable bonds is 6. The van der Waals surface area contributed by atoms with E-state index in [4.69, 9.17) is 16.6 Å². The maximum absolute atomic E-state index is 11.4. The molecule has 176 valence electrons. The lowest BCUT2D eigenvalue weighted by Gasteiger charge is -2.26. The molecule has 0 bridgehead atoms. The SMILES string of the molecule is CN(C)c1ccc(N2C(=S)NC(c3ccccn3)C2c2ccc(-c3cccc(C(=O)O)c3)o2)cc1. The van der Waals surface area contributed by atoms with Crippen LogP contribution in [-0.4, -0.2) is 35.3 Å². The van der Waals surface area contributed by atoms with Crippen molar-refractivity contribution >= 4 is 34.7 Å². The van der Waals surface area contributed by atoms with E-state index in [1.165, 1.54) is 0 Å². The Kier molecular flexibility index (Phi) is 5.96. The van der Waals surface area contributed by atoms with Crippen molar-refractivity contribution in [3.63, 3.8) is 0 Å². The average molecular weight is 485 g/mol. The standard InChI is InChI=1S/C27H24N4O3S/c1-30(2)19-9-11-20(12-10-19)31-25(24(29-27(31)35)21-8-3-4-15-28-21)23-14-13-22(34-23)17-6-5-7-18(16-17)26(32)33/h3-16,24-25H,1-2H3,(H,29,35)(H,32,33). The Morgan fingerprint density at radius 3 is 2.54 bits per heavy atom. The van der Waals surface area contributed by atoms with E-state index in [9.17, 15) is 9.90 Å². The third-order valence-corrected chi connectivity index (χ3v) is 6.37. The Labute approximate surface area is 208 Å². The highest BCUT2D eigenvalue weighted by molar-refractivity contribution is 7.80. The monoisotopic (exact) mass is 484 g/mol. The molecule has 0 saturated carbocycles. The van der Waals surface area contributed by atoms with E-state index >= 15 is 0 Å². The van der Waals surface area contributed by atoms with Crippen molar-refractivity contribution in [2.75, 3.05) is 23.9 Å². The average Bonchev–Trinajstić information content (AvgIpc) is 3.49. The molecule has 7 nitrogen and oxygen atoms in total. The molecule has 2 aromatic heterocycles. The largest absolute Gasteiger partial charge is 0.478 e. The van der Waals surface area contributed by atoms with E-state index in [1.54, 1.807) is 24.4 Å². The molecule has 0 amide bonds. The van der Waals surface area contributed by atoms with Crippen molar-refractivity contribution in [2.45, 2.75) is 12.1 Å². The zero-order valence-corrected chi connectivity index (χ0v) is 20.1. The first-order valence-electron chi connectivity index (χ1n) is 11.1. The Hall–Kier alpha value is -4.17. The van der Waals surface area contributed by atoms with Crippen molar-refractivity contribution in [3.05, 3.63) is 102 Å². The quantitative estimate of drug-likeness (QED) is 0.358. The maximum Gasteiger partial charge on any atom is 0.335 e. The molecule has 1 fully saturated rings. The molecule has 2 N–H and O–H groups in total. The van der Waals surface area contributed by atoms with Crippen molar-refractivity contribution < 1.29 is 14.3 Å². The first-order chi connectivity index (χ1) is 16.9. The fraction of sp³-hybridized carbons (Fsp3) is 0.148. The van der Waals surface area contributed by atoms with E-state index < -0.39 is 5.97 Å². The maximum atomic E-state index is 11.4. The molecule has 1 aliphatic heterocycles. The zero-order valence-electron chi connectivity index (χ0n) is 19.3. The van der Waals surface area contributed by atoms with E-state index in [-0.39, 0.29) is 17.6 Å². The smallest absolute Gasteiger partial charge is 0.335 e. The molecule has 0 aliphatic carbocycles. The summed E-state index contributed by atoms with van der Waals surface area (Å²) in [6, 6.07) is 23.9. The minimum Gasteiger partial charge on any atom is -0.478 e. The van der Waals surface area contributed by atoms with Crippen LogP contribution in [0.3, 0.4) is 0 Å². The summed E-state index contributed by atoms with van der Waals surface area (Å²) in [4.78, 5) is 20.1. The highest BCUT2D eigenvalue weighted by atomic mass is 32.1. The van der Waals surface area contributed by atoms with Gasteiger partial charge in [0, 0.05) is 37.2 Å². The fourth-order valence-corrected chi connectivity index (χ4v) is 4.65. The van der Waals surface area contributed by atoms with Crippen molar-refractivity contribution in [3.8, 4) is 11.3 Å². The number of hydrogen-bond donors (Lipinski definition) is 2. The summed E-state index contributed by atoms with van der Waals surface area (Å²) in [5.74, 6) is 0.301. The van der Waals surface area contributed by atoms with Gasteiger partial charge in [-0.2, -0.15) is 0 Å². The van der Waals surface area contributed by atoms with Crippen LogP contribution < -0.4 is 15.1 Å². The summed E-state index contributed by atoms with van der Waals surface area (Å²) >= 11 is 5.78. The molecule has 0 spiro atoms. The normalized spacial score (nSPS) is 17.3. The van der Waals surface area contributed by atoms with Crippen LogP contribution in [0.1, 0.15) is 33.9 Å². The summed E-state index contributed by atoms with van der Waals surface area (Å²) in [5, 5.41) is 13.4. The van der Waals surface area contributed by atoms with Gasteiger partial charge in [0.05, 0.1) is 17.3 Å². The highest BCUT2D eigenvalue weighted by Gasteiger charge is 2.42. The molecule has 5 rings (SSSR count). The Balaban J connectivity index is 1.57. The summed E-state index contributed by atoms with van der Waals surface area (Å²) in [7, 11) is 4.00. The minimum absolute atomic E-state index is 0.207. The Morgan fingerprint density at radius 1 is 1.06 bits per heavy atom. The summed E-state index contributed by atoms with van der Waals surface area (Å²) in [6.07, 6.45) is 1.76.